The molecule has 4 heteroatoms. The van der Waals surface area contributed by atoms with Gasteiger partial charge in [-0.05, 0) is 32.2 Å². The molecule has 2 aromatic rings. The summed E-state index contributed by atoms with van der Waals surface area (Å²) >= 11 is 0. The van der Waals surface area contributed by atoms with E-state index < -0.39 is 0 Å². The molecule has 0 spiro atoms. The number of furan rings is 1. The van der Waals surface area contributed by atoms with Crippen LogP contribution in [0.1, 0.15) is 18.2 Å². The third-order valence-corrected chi connectivity index (χ3v) is 2.71. The number of benzene rings is 1. The van der Waals surface area contributed by atoms with Gasteiger partial charge in [-0.15, -0.1) is 0 Å². The number of hydrogen-bond acceptors (Lipinski definition) is 4. The number of ether oxygens (including phenoxy) is 2. The van der Waals surface area contributed by atoms with Crippen molar-refractivity contribution < 1.29 is 13.9 Å². The molecule has 0 unspecified atom stereocenters. The summed E-state index contributed by atoms with van der Waals surface area (Å²) in [5, 5.41) is 3.07. The van der Waals surface area contributed by atoms with Crippen LogP contribution in [0.5, 0.6) is 11.5 Å². The van der Waals surface area contributed by atoms with E-state index in [1.54, 1.807) is 6.26 Å². The van der Waals surface area contributed by atoms with Crippen LogP contribution in [0.2, 0.25) is 0 Å². The van der Waals surface area contributed by atoms with E-state index in [1.165, 1.54) is 0 Å². The highest BCUT2D eigenvalue weighted by Gasteiger charge is 2.08. The molecular formula is C15H19NO3. The van der Waals surface area contributed by atoms with E-state index in [1.807, 2.05) is 44.3 Å². The second kappa shape index (κ2) is 6.85. The number of para-hydroxylation sites is 2. The zero-order valence-corrected chi connectivity index (χ0v) is 11.3. The van der Waals surface area contributed by atoms with Gasteiger partial charge in [0.1, 0.15) is 12.4 Å². The van der Waals surface area contributed by atoms with E-state index in [4.69, 9.17) is 13.9 Å². The van der Waals surface area contributed by atoms with Crippen molar-refractivity contribution in [2.24, 2.45) is 0 Å². The molecule has 0 saturated carbocycles. The monoisotopic (exact) mass is 261 g/mol. The maximum atomic E-state index is 5.81. The lowest BCUT2D eigenvalue weighted by Crippen LogP contribution is -2.07. The van der Waals surface area contributed by atoms with E-state index in [9.17, 15) is 0 Å². The molecule has 4 nitrogen and oxygen atoms in total. The van der Waals surface area contributed by atoms with Crippen LogP contribution in [0, 0.1) is 0 Å². The highest BCUT2D eigenvalue weighted by atomic mass is 16.5. The van der Waals surface area contributed by atoms with Gasteiger partial charge >= 0.3 is 0 Å². The van der Waals surface area contributed by atoms with E-state index in [2.05, 4.69) is 5.32 Å². The van der Waals surface area contributed by atoms with Crippen molar-refractivity contribution in [3.05, 3.63) is 47.9 Å². The van der Waals surface area contributed by atoms with Crippen molar-refractivity contribution >= 4 is 0 Å². The van der Waals surface area contributed by atoms with Crippen LogP contribution in [0.15, 0.2) is 41.0 Å². The summed E-state index contributed by atoms with van der Waals surface area (Å²) in [5.41, 5.74) is 1.04. The largest absolute Gasteiger partial charge is 0.490 e. The topological polar surface area (TPSA) is 43.6 Å². The Morgan fingerprint density at radius 2 is 1.84 bits per heavy atom. The molecule has 0 aliphatic carbocycles. The Hall–Kier alpha value is -1.94. The first-order valence-electron chi connectivity index (χ1n) is 6.39. The summed E-state index contributed by atoms with van der Waals surface area (Å²) in [6.07, 6.45) is 1.68. The van der Waals surface area contributed by atoms with Crippen LogP contribution in [-0.4, -0.2) is 13.7 Å². The quantitative estimate of drug-likeness (QED) is 0.832. The zero-order chi connectivity index (χ0) is 13.5. The lowest BCUT2D eigenvalue weighted by molar-refractivity contribution is 0.267. The fourth-order valence-electron chi connectivity index (χ4n) is 1.81. The first-order valence-corrected chi connectivity index (χ1v) is 6.39. The van der Waals surface area contributed by atoms with Gasteiger partial charge < -0.3 is 19.2 Å². The van der Waals surface area contributed by atoms with Crippen molar-refractivity contribution in [2.75, 3.05) is 13.7 Å². The molecule has 0 aliphatic heterocycles. The number of hydrogen-bond donors (Lipinski definition) is 1. The summed E-state index contributed by atoms with van der Waals surface area (Å²) in [7, 11) is 1.89. The molecule has 0 aliphatic rings. The molecule has 1 aromatic carbocycles. The van der Waals surface area contributed by atoms with Crippen LogP contribution in [-0.2, 0) is 13.2 Å². The van der Waals surface area contributed by atoms with Gasteiger partial charge in [-0.25, -0.2) is 0 Å². The van der Waals surface area contributed by atoms with Gasteiger partial charge in [0.15, 0.2) is 11.5 Å². The lowest BCUT2D eigenvalue weighted by Gasteiger charge is -2.11. The molecule has 0 radical (unpaired) electrons. The molecule has 0 atom stereocenters. The Labute approximate surface area is 113 Å². The predicted molar refractivity (Wildman–Crippen MR) is 73.4 cm³/mol. The molecule has 0 bridgehead atoms. The van der Waals surface area contributed by atoms with Crippen molar-refractivity contribution in [3.8, 4) is 11.5 Å². The second-order valence-corrected chi connectivity index (χ2v) is 4.07. The smallest absolute Gasteiger partial charge is 0.161 e. The van der Waals surface area contributed by atoms with Gasteiger partial charge in [-0.1, -0.05) is 12.1 Å². The van der Waals surface area contributed by atoms with Crippen LogP contribution >= 0.6 is 0 Å². The normalized spacial score (nSPS) is 10.4. The average molecular weight is 261 g/mol. The highest BCUT2D eigenvalue weighted by Crippen LogP contribution is 2.27. The molecule has 2 rings (SSSR count). The first kappa shape index (κ1) is 13.5. The highest BCUT2D eigenvalue weighted by molar-refractivity contribution is 5.39. The summed E-state index contributed by atoms with van der Waals surface area (Å²) in [4.78, 5) is 0. The van der Waals surface area contributed by atoms with Crippen LogP contribution in [0.3, 0.4) is 0 Å². The number of rotatable bonds is 7. The second-order valence-electron chi connectivity index (χ2n) is 4.07. The Morgan fingerprint density at radius 1 is 1.11 bits per heavy atom. The van der Waals surface area contributed by atoms with Crippen molar-refractivity contribution in [3.63, 3.8) is 0 Å². The van der Waals surface area contributed by atoms with Gasteiger partial charge in [-0.3, -0.25) is 0 Å². The van der Waals surface area contributed by atoms with Crippen molar-refractivity contribution in [2.45, 2.75) is 20.1 Å². The molecule has 0 fully saturated rings. The van der Waals surface area contributed by atoms with Gasteiger partial charge in [-0.2, -0.15) is 0 Å². The Kier molecular flexibility index (Phi) is 4.86. The van der Waals surface area contributed by atoms with E-state index in [0.717, 1.165) is 22.8 Å². The summed E-state index contributed by atoms with van der Waals surface area (Å²) in [6.45, 7) is 3.74. The standard InChI is InChI=1S/C15H19NO3/c1-3-17-13-6-4-5-7-14(13)19-11-12-8-9-18-15(12)10-16-2/h4-9,16H,3,10-11H2,1-2H3. The minimum atomic E-state index is 0.470. The molecule has 0 amide bonds. The molecule has 1 N–H and O–H groups in total. The first-order chi connectivity index (χ1) is 9.35. The van der Waals surface area contributed by atoms with E-state index in [-0.39, 0.29) is 0 Å². The maximum absolute atomic E-state index is 5.81. The Balaban J connectivity index is 2.03. The van der Waals surface area contributed by atoms with Crippen molar-refractivity contribution in [1.29, 1.82) is 0 Å². The van der Waals surface area contributed by atoms with Gasteiger partial charge in [0.25, 0.3) is 0 Å². The molecule has 1 aromatic heterocycles. The molecule has 19 heavy (non-hydrogen) atoms. The van der Waals surface area contributed by atoms with E-state index in [0.29, 0.717) is 19.8 Å². The predicted octanol–water partition coefficient (Wildman–Crippen LogP) is 2.98. The summed E-state index contributed by atoms with van der Waals surface area (Å²) in [5.74, 6) is 2.42. The zero-order valence-electron chi connectivity index (χ0n) is 11.3. The SMILES string of the molecule is CCOc1ccccc1OCc1ccoc1CNC. The molecular weight excluding hydrogens is 242 g/mol. The Morgan fingerprint density at radius 3 is 2.53 bits per heavy atom. The number of nitrogens with one attached hydrogen (secondary N) is 1. The van der Waals surface area contributed by atoms with Gasteiger partial charge in [0, 0.05) is 5.56 Å². The molecule has 1 heterocycles. The molecule has 0 saturated heterocycles. The van der Waals surface area contributed by atoms with E-state index >= 15 is 0 Å². The van der Waals surface area contributed by atoms with Crippen LogP contribution in [0.4, 0.5) is 0 Å². The third-order valence-electron chi connectivity index (χ3n) is 2.71. The minimum absolute atomic E-state index is 0.470. The summed E-state index contributed by atoms with van der Waals surface area (Å²) in [6, 6.07) is 9.60. The maximum Gasteiger partial charge on any atom is 0.161 e. The van der Waals surface area contributed by atoms with Gasteiger partial charge in [0.2, 0.25) is 0 Å². The average Bonchev–Trinajstić information content (AvgIpc) is 2.86. The van der Waals surface area contributed by atoms with Gasteiger partial charge in [0.05, 0.1) is 19.4 Å². The van der Waals surface area contributed by atoms with Crippen LogP contribution < -0.4 is 14.8 Å². The fourth-order valence-corrected chi connectivity index (χ4v) is 1.81. The third kappa shape index (κ3) is 3.51. The minimum Gasteiger partial charge on any atom is -0.490 e. The fraction of sp³-hybridized carbons (Fsp3) is 0.333. The van der Waals surface area contributed by atoms with Crippen molar-refractivity contribution in [1.82, 2.24) is 5.32 Å². The summed E-state index contributed by atoms with van der Waals surface area (Å²) < 4.78 is 16.7. The molecule has 102 valence electrons. The van der Waals surface area contributed by atoms with Crippen LogP contribution in [0.25, 0.3) is 0 Å². The lowest BCUT2D eigenvalue weighted by atomic mass is 10.2. The Bertz CT molecular complexity index is 508.